The van der Waals surface area contributed by atoms with Gasteiger partial charge < -0.3 is 4.90 Å². The third-order valence-corrected chi connectivity index (χ3v) is 5.48. The molecular weight excluding hydrogens is 399 g/mol. The minimum atomic E-state index is -0.545. The van der Waals surface area contributed by atoms with Crippen LogP contribution in [-0.4, -0.2) is 30.1 Å². The molecule has 3 rings (SSSR count). The summed E-state index contributed by atoms with van der Waals surface area (Å²) in [4.78, 5) is 28.0. The van der Waals surface area contributed by atoms with Gasteiger partial charge in [-0.2, -0.15) is 0 Å². The van der Waals surface area contributed by atoms with E-state index in [1.54, 1.807) is 12.2 Å². The van der Waals surface area contributed by atoms with Gasteiger partial charge in [0.1, 0.15) is 5.82 Å². The number of benzene rings is 2. The molecular formula is C21H18ClFN2O2S. The Labute approximate surface area is 172 Å². The standard InChI is InChI=1S/C21H18ClFN2O2S/c1-24(2)15-11-9-14(10-12-15)5-3-8-19-20(26)25(21(27)28-19)13-16-17(22)6-4-7-18(16)23/h3-12H,13H2,1-2H3/b5-3+,19-8-. The van der Waals surface area contributed by atoms with Crippen LogP contribution in [0.4, 0.5) is 14.9 Å². The van der Waals surface area contributed by atoms with Crippen LogP contribution >= 0.6 is 23.4 Å². The fourth-order valence-electron chi connectivity index (χ4n) is 2.62. The molecule has 28 heavy (non-hydrogen) atoms. The Morgan fingerprint density at radius 3 is 2.50 bits per heavy atom. The first-order valence-electron chi connectivity index (χ1n) is 8.49. The first kappa shape index (κ1) is 20.2. The van der Waals surface area contributed by atoms with Crippen molar-refractivity contribution in [3.05, 3.63) is 81.5 Å². The second-order valence-corrected chi connectivity index (χ2v) is 7.74. The zero-order valence-electron chi connectivity index (χ0n) is 15.4. The van der Waals surface area contributed by atoms with Gasteiger partial charge in [0.05, 0.1) is 11.4 Å². The number of carbonyl (C=O) groups excluding carboxylic acids is 2. The van der Waals surface area contributed by atoms with Crippen LogP contribution in [0, 0.1) is 5.82 Å². The predicted molar refractivity (Wildman–Crippen MR) is 113 cm³/mol. The zero-order chi connectivity index (χ0) is 20.3. The van der Waals surface area contributed by atoms with Crippen LogP contribution < -0.4 is 4.90 Å². The number of thioether (sulfide) groups is 1. The third-order valence-electron chi connectivity index (χ3n) is 4.20. The number of imide groups is 1. The average molecular weight is 417 g/mol. The largest absolute Gasteiger partial charge is 0.378 e. The van der Waals surface area contributed by atoms with Gasteiger partial charge in [0.15, 0.2) is 0 Å². The van der Waals surface area contributed by atoms with Crippen molar-refractivity contribution in [2.24, 2.45) is 0 Å². The lowest BCUT2D eigenvalue weighted by Gasteiger charge is -2.14. The van der Waals surface area contributed by atoms with Crippen LogP contribution in [0.3, 0.4) is 0 Å². The molecule has 0 atom stereocenters. The van der Waals surface area contributed by atoms with Crippen molar-refractivity contribution in [3.8, 4) is 0 Å². The lowest BCUT2D eigenvalue weighted by Crippen LogP contribution is -2.28. The number of hydrogen-bond donors (Lipinski definition) is 0. The number of halogens is 2. The van der Waals surface area contributed by atoms with Gasteiger partial charge >= 0.3 is 0 Å². The molecule has 7 heteroatoms. The van der Waals surface area contributed by atoms with E-state index in [-0.39, 0.29) is 17.1 Å². The molecule has 2 amide bonds. The first-order chi connectivity index (χ1) is 13.4. The molecule has 0 aliphatic carbocycles. The van der Waals surface area contributed by atoms with E-state index in [4.69, 9.17) is 11.6 Å². The minimum Gasteiger partial charge on any atom is -0.378 e. The first-order valence-corrected chi connectivity index (χ1v) is 9.68. The van der Waals surface area contributed by atoms with Crippen molar-refractivity contribution in [2.75, 3.05) is 19.0 Å². The monoisotopic (exact) mass is 416 g/mol. The number of rotatable bonds is 5. The second-order valence-electron chi connectivity index (χ2n) is 6.34. The lowest BCUT2D eigenvalue weighted by molar-refractivity contribution is -0.123. The third kappa shape index (κ3) is 4.46. The van der Waals surface area contributed by atoms with Gasteiger partial charge in [0, 0.05) is 30.4 Å². The van der Waals surface area contributed by atoms with Crippen molar-refractivity contribution in [1.29, 1.82) is 0 Å². The van der Waals surface area contributed by atoms with E-state index in [2.05, 4.69) is 0 Å². The van der Waals surface area contributed by atoms with E-state index in [9.17, 15) is 14.0 Å². The minimum absolute atomic E-state index is 0.129. The maximum absolute atomic E-state index is 14.0. The summed E-state index contributed by atoms with van der Waals surface area (Å²) in [5, 5.41) is -0.261. The van der Waals surface area contributed by atoms with Crippen molar-refractivity contribution >= 4 is 46.3 Å². The summed E-state index contributed by atoms with van der Waals surface area (Å²) in [7, 11) is 3.94. The Hall–Kier alpha value is -2.57. The number of hydrogen-bond acceptors (Lipinski definition) is 4. The van der Waals surface area contributed by atoms with E-state index < -0.39 is 17.0 Å². The molecule has 0 bridgehead atoms. The molecule has 1 saturated heterocycles. The molecule has 1 heterocycles. The highest BCUT2D eigenvalue weighted by Gasteiger charge is 2.35. The molecule has 1 aliphatic rings. The molecule has 4 nitrogen and oxygen atoms in total. The number of nitrogens with zero attached hydrogens (tertiary/aromatic N) is 2. The number of amides is 2. The summed E-state index contributed by atoms with van der Waals surface area (Å²) in [6, 6.07) is 12.2. The Bertz CT molecular complexity index is 951. The van der Waals surface area contributed by atoms with E-state index in [0.29, 0.717) is 4.91 Å². The number of anilines is 1. The van der Waals surface area contributed by atoms with E-state index in [1.165, 1.54) is 18.2 Å². The summed E-state index contributed by atoms with van der Waals surface area (Å²) >= 11 is 6.83. The summed E-state index contributed by atoms with van der Waals surface area (Å²) in [5.74, 6) is -1.00. The van der Waals surface area contributed by atoms with Gasteiger partial charge in [-0.3, -0.25) is 14.5 Å². The Morgan fingerprint density at radius 1 is 1.14 bits per heavy atom. The molecule has 0 radical (unpaired) electrons. The van der Waals surface area contributed by atoms with Gasteiger partial charge in [-0.25, -0.2) is 4.39 Å². The van der Waals surface area contributed by atoms with Crippen LogP contribution in [0.2, 0.25) is 5.02 Å². The Balaban J connectivity index is 1.72. The van der Waals surface area contributed by atoms with E-state index in [1.807, 2.05) is 49.3 Å². The molecule has 0 unspecified atom stereocenters. The summed E-state index contributed by atoms with van der Waals surface area (Å²) < 4.78 is 14.0. The summed E-state index contributed by atoms with van der Waals surface area (Å²) in [5.41, 5.74) is 2.19. The number of carbonyl (C=O) groups is 2. The summed E-state index contributed by atoms with van der Waals surface area (Å²) in [6.45, 7) is -0.191. The smallest absolute Gasteiger partial charge is 0.293 e. The van der Waals surface area contributed by atoms with E-state index in [0.717, 1.165) is 27.9 Å². The van der Waals surface area contributed by atoms with Crippen molar-refractivity contribution in [2.45, 2.75) is 6.54 Å². The lowest BCUT2D eigenvalue weighted by atomic mass is 10.2. The van der Waals surface area contributed by atoms with Gasteiger partial charge in [0.2, 0.25) is 0 Å². The van der Waals surface area contributed by atoms with Crippen molar-refractivity contribution in [3.63, 3.8) is 0 Å². The maximum Gasteiger partial charge on any atom is 0.293 e. The molecule has 0 saturated carbocycles. The summed E-state index contributed by atoms with van der Waals surface area (Å²) in [6.07, 6.45) is 5.16. The highest BCUT2D eigenvalue weighted by Crippen LogP contribution is 2.33. The maximum atomic E-state index is 14.0. The molecule has 1 fully saturated rings. The molecule has 144 valence electrons. The van der Waals surface area contributed by atoms with Crippen LogP contribution in [0.25, 0.3) is 6.08 Å². The van der Waals surface area contributed by atoms with Gasteiger partial charge in [-0.1, -0.05) is 42.0 Å². The molecule has 2 aromatic carbocycles. The second kappa shape index (κ2) is 8.63. The predicted octanol–water partition coefficient (Wildman–Crippen LogP) is 5.34. The highest BCUT2D eigenvalue weighted by atomic mass is 35.5. The Kier molecular flexibility index (Phi) is 6.21. The zero-order valence-corrected chi connectivity index (χ0v) is 16.9. The molecule has 1 aliphatic heterocycles. The van der Waals surface area contributed by atoms with E-state index >= 15 is 0 Å². The molecule has 0 spiro atoms. The van der Waals surface area contributed by atoms with Crippen LogP contribution in [0.1, 0.15) is 11.1 Å². The fourth-order valence-corrected chi connectivity index (χ4v) is 3.63. The average Bonchev–Trinajstić information content (AvgIpc) is 2.92. The van der Waals surface area contributed by atoms with Crippen LogP contribution in [-0.2, 0) is 11.3 Å². The fraction of sp³-hybridized carbons (Fsp3) is 0.143. The van der Waals surface area contributed by atoms with Gasteiger partial charge in [-0.15, -0.1) is 0 Å². The quantitative estimate of drug-likeness (QED) is 0.617. The molecule has 0 aromatic heterocycles. The van der Waals surface area contributed by atoms with Crippen LogP contribution in [0.15, 0.2) is 59.5 Å². The van der Waals surface area contributed by atoms with Crippen molar-refractivity contribution < 1.29 is 14.0 Å². The Morgan fingerprint density at radius 2 is 1.86 bits per heavy atom. The number of allylic oxidation sites excluding steroid dienone is 2. The molecule has 2 aromatic rings. The van der Waals surface area contributed by atoms with Crippen molar-refractivity contribution in [1.82, 2.24) is 4.90 Å². The van der Waals surface area contributed by atoms with Gasteiger partial charge in [-0.05, 0) is 47.7 Å². The van der Waals surface area contributed by atoms with Crippen LogP contribution in [0.5, 0.6) is 0 Å². The normalized spacial score (nSPS) is 15.9. The molecule has 0 N–H and O–H groups in total. The highest BCUT2D eigenvalue weighted by molar-refractivity contribution is 8.18. The van der Waals surface area contributed by atoms with Gasteiger partial charge in [0.25, 0.3) is 11.1 Å². The topological polar surface area (TPSA) is 40.6 Å². The SMILES string of the molecule is CN(C)c1ccc(/C=C/C=C2\SC(=O)N(Cc3c(F)cccc3Cl)C2=O)cc1.